The number of aromatic carboxylic acids is 1. The maximum atomic E-state index is 13.0. The van der Waals surface area contributed by atoms with Crippen LogP contribution in [0, 0.1) is 5.82 Å². The van der Waals surface area contributed by atoms with Gasteiger partial charge in [0.25, 0.3) is 5.56 Å². The molecule has 0 saturated carbocycles. The molecule has 0 aliphatic heterocycles. The molecule has 0 atom stereocenters. The number of pyridine rings is 1. The number of hydrogen-bond acceptors (Lipinski definition) is 2. The smallest absolute Gasteiger partial charge is 0.336 e. The molecule has 0 aliphatic carbocycles. The highest BCUT2D eigenvalue weighted by Crippen LogP contribution is 2.17. The van der Waals surface area contributed by atoms with Crippen LogP contribution in [0.2, 0.25) is 0 Å². The number of halogens is 1. The fraction of sp³-hybridized carbons (Fsp3) is 0.0909. The predicted octanol–water partition coefficient (Wildman–Crippen LogP) is 1.38. The predicted molar refractivity (Wildman–Crippen MR) is 56.1 cm³/mol. The van der Waals surface area contributed by atoms with E-state index in [0.29, 0.717) is 5.39 Å². The summed E-state index contributed by atoms with van der Waals surface area (Å²) in [5, 5.41) is 9.27. The SMILES string of the molecule is Cn1c(=O)cc(C(=O)O)c2ccc(F)cc21. The number of benzene rings is 1. The number of hydrogen-bond donors (Lipinski definition) is 1. The van der Waals surface area contributed by atoms with Crippen LogP contribution in [0.15, 0.2) is 29.1 Å². The molecule has 2 aromatic rings. The third-order valence-corrected chi connectivity index (χ3v) is 2.44. The Kier molecular flexibility index (Phi) is 2.23. The molecule has 0 spiro atoms. The molecule has 1 heterocycles. The van der Waals surface area contributed by atoms with Crippen molar-refractivity contribution in [1.29, 1.82) is 0 Å². The lowest BCUT2D eigenvalue weighted by atomic mass is 10.1. The van der Waals surface area contributed by atoms with Gasteiger partial charge in [-0.15, -0.1) is 0 Å². The monoisotopic (exact) mass is 221 g/mol. The second-order valence-corrected chi connectivity index (χ2v) is 3.42. The molecule has 1 aromatic heterocycles. The number of fused-ring (bicyclic) bond motifs is 1. The lowest BCUT2D eigenvalue weighted by molar-refractivity contribution is 0.0698. The van der Waals surface area contributed by atoms with E-state index in [1.165, 1.54) is 23.7 Å². The fourth-order valence-corrected chi connectivity index (χ4v) is 1.60. The van der Waals surface area contributed by atoms with Gasteiger partial charge in [-0.25, -0.2) is 9.18 Å². The van der Waals surface area contributed by atoms with Gasteiger partial charge in [-0.1, -0.05) is 0 Å². The van der Waals surface area contributed by atoms with E-state index in [0.717, 1.165) is 12.1 Å². The molecular weight excluding hydrogens is 213 g/mol. The van der Waals surface area contributed by atoms with Crippen LogP contribution < -0.4 is 5.56 Å². The normalized spacial score (nSPS) is 10.6. The molecule has 4 nitrogen and oxygen atoms in total. The maximum absolute atomic E-state index is 13.0. The van der Waals surface area contributed by atoms with Gasteiger partial charge in [-0.2, -0.15) is 0 Å². The summed E-state index contributed by atoms with van der Waals surface area (Å²) < 4.78 is 14.2. The first-order valence-electron chi connectivity index (χ1n) is 4.53. The number of carboxylic acids is 1. The van der Waals surface area contributed by atoms with Crippen molar-refractivity contribution in [2.45, 2.75) is 0 Å². The summed E-state index contributed by atoms with van der Waals surface area (Å²) in [6.45, 7) is 0. The molecule has 0 unspecified atom stereocenters. The quantitative estimate of drug-likeness (QED) is 0.791. The van der Waals surface area contributed by atoms with Gasteiger partial charge < -0.3 is 9.67 Å². The second-order valence-electron chi connectivity index (χ2n) is 3.42. The Hall–Kier alpha value is -2.17. The highest BCUT2D eigenvalue weighted by atomic mass is 19.1. The Morgan fingerprint density at radius 3 is 2.69 bits per heavy atom. The minimum absolute atomic E-state index is 0.113. The molecule has 0 amide bonds. The fourth-order valence-electron chi connectivity index (χ4n) is 1.60. The molecule has 1 aromatic carbocycles. The summed E-state index contributed by atoms with van der Waals surface area (Å²) in [7, 11) is 1.47. The zero-order valence-electron chi connectivity index (χ0n) is 8.40. The topological polar surface area (TPSA) is 59.3 Å². The van der Waals surface area contributed by atoms with E-state index in [4.69, 9.17) is 5.11 Å². The van der Waals surface area contributed by atoms with Gasteiger partial charge in [0.15, 0.2) is 0 Å². The van der Waals surface area contributed by atoms with Crippen molar-refractivity contribution in [2.24, 2.45) is 7.05 Å². The van der Waals surface area contributed by atoms with Gasteiger partial charge in [-0.05, 0) is 18.2 Å². The summed E-state index contributed by atoms with van der Waals surface area (Å²) in [6, 6.07) is 4.69. The van der Waals surface area contributed by atoms with Crippen molar-refractivity contribution < 1.29 is 14.3 Å². The van der Waals surface area contributed by atoms with Crippen LogP contribution in [-0.4, -0.2) is 15.6 Å². The number of carboxylic acid groups (broad SMARTS) is 1. The van der Waals surface area contributed by atoms with Crippen LogP contribution in [0.1, 0.15) is 10.4 Å². The van der Waals surface area contributed by atoms with Crippen LogP contribution in [0.3, 0.4) is 0 Å². The van der Waals surface area contributed by atoms with E-state index in [-0.39, 0.29) is 11.1 Å². The van der Waals surface area contributed by atoms with Crippen LogP contribution in [-0.2, 0) is 7.05 Å². The first-order chi connectivity index (χ1) is 7.50. The number of nitrogens with zero attached hydrogens (tertiary/aromatic N) is 1. The summed E-state index contributed by atoms with van der Waals surface area (Å²) in [4.78, 5) is 22.4. The third kappa shape index (κ3) is 1.46. The van der Waals surface area contributed by atoms with Gasteiger partial charge in [0.1, 0.15) is 5.82 Å². The Morgan fingerprint density at radius 2 is 2.06 bits per heavy atom. The van der Waals surface area contributed by atoms with E-state index < -0.39 is 17.3 Å². The Bertz CT molecular complexity index is 645. The molecule has 0 bridgehead atoms. The zero-order valence-corrected chi connectivity index (χ0v) is 8.40. The van der Waals surface area contributed by atoms with Crippen LogP contribution >= 0.6 is 0 Å². The molecule has 0 saturated heterocycles. The molecule has 5 heteroatoms. The Morgan fingerprint density at radius 1 is 1.38 bits per heavy atom. The zero-order chi connectivity index (χ0) is 11.9. The van der Waals surface area contributed by atoms with Crippen molar-refractivity contribution >= 4 is 16.9 Å². The molecule has 16 heavy (non-hydrogen) atoms. The first kappa shape index (κ1) is 10.4. The Balaban J connectivity index is 3.01. The van der Waals surface area contributed by atoms with Gasteiger partial charge in [0.2, 0.25) is 0 Å². The number of rotatable bonds is 1. The average Bonchev–Trinajstić information content (AvgIpc) is 2.23. The number of carbonyl (C=O) groups is 1. The average molecular weight is 221 g/mol. The van der Waals surface area contributed by atoms with Crippen molar-refractivity contribution in [2.75, 3.05) is 0 Å². The second kappa shape index (κ2) is 3.44. The molecule has 82 valence electrons. The minimum Gasteiger partial charge on any atom is -0.478 e. The number of aromatic nitrogens is 1. The maximum Gasteiger partial charge on any atom is 0.336 e. The number of aryl methyl sites for hydroxylation is 1. The summed E-state index contributed by atoms with van der Waals surface area (Å²) in [5.74, 6) is -1.71. The van der Waals surface area contributed by atoms with Crippen molar-refractivity contribution in [3.05, 3.63) is 46.0 Å². The van der Waals surface area contributed by atoms with E-state index in [1.54, 1.807) is 0 Å². The van der Waals surface area contributed by atoms with Gasteiger partial charge >= 0.3 is 5.97 Å². The van der Waals surface area contributed by atoms with Crippen LogP contribution in [0.4, 0.5) is 4.39 Å². The van der Waals surface area contributed by atoms with Crippen LogP contribution in [0.25, 0.3) is 10.9 Å². The summed E-state index contributed by atoms with van der Waals surface area (Å²) in [6.07, 6.45) is 0. The van der Waals surface area contributed by atoms with E-state index in [2.05, 4.69) is 0 Å². The highest BCUT2D eigenvalue weighted by molar-refractivity contribution is 6.02. The molecule has 0 fully saturated rings. The summed E-state index contributed by atoms with van der Waals surface area (Å²) >= 11 is 0. The van der Waals surface area contributed by atoms with Gasteiger partial charge in [0, 0.05) is 18.5 Å². The third-order valence-electron chi connectivity index (χ3n) is 2.44. The molecule has 0 aliphatic rings. The van der Waals surface area contributed by atoms with Crippen molar-refractivity contribution in [1.82, 2.24) is 4.57 Å². The van der Waals surface area contributed by atoms with Gasteiger partial charge in [0.05, 0.1) is 11.1 Å². The molecule has 1 N–H and O–H groups in total. The lowest BCUT2D eigenvalue weighted by Gasteiger charge is -2.07. The standard InChI is InChI=1S/C11H8FNO3/c1-13-9-4-6(12)2-3-7(9)8(11(15)16)5-10(13)14/h2-5H,1H3,(H,15,16). The van der Waals surface area contributed by atoms with Crippen LogP contribution in [0.5, 0.6) is 0 Å². The highest BCUT2D eigenvalue weighted by Gasteiger charge is 2.12. The molecule has 2 rings (SSSR count). The van der Waals surface area contributed by atoms with E-state index in [9.17, 15) is 14.0 Å². The van der Waals surface area contributed by atoms with E-state index >= 15 is 0 Å². The first-order valence-corrected chi connectivity index (χ1v) is 4.53. The summed E-state index contributed by atoms with van der Waals surface area (Å²) in [5.41, 5.74) is -0.321. The largest absolute Gasteiger partial charge is 0.478 e. The van der Waals surface area contributed by atoms with Gasteiger partial charge in [-0.3, -0.25) is 4.79 Å². The van der Waals surface area contributed by atoms with Crippen molar-refractivity contribution in [3.63, 3.8) is 0 Å². The Labute approximate surface area is 89.6 Å². The lowest BCUT2D eigenvalue weighted by Crippen LogP contribution is -2.18. The molecular formula is C11H8FNO3. The van der Waals surface area contributed by atoms with E-state index in [1.807, 2.05) is 0 Å². The molecule has 0 radical (unpaired) electrons. The minimum atomic E-state index is -1.20. The van der Waals surface area contributed by atoms with Crippen molar-refractivity contribution in [3.8, 4) is 0 Å².